The van der Waals surface area contributed by atoms with Crippen LogP contribution in [0.3, 0.4) is 0 Å². The van der Waals surface area contributed by atoms with Crippen LogP contribution in [0.4, 0.5) is 0 Å². The molecule has 0 aliphatic rings. The normalized spacial score (nSPS) is 14.3. The third-order valence-corrected chi connectivity index (χ3v) is 5.75. The second-order valence-electron chi connectivity index (χ2n) is 6.47. The van der Waals surface area contributed by atoms with Gasteiger partial charge in [-0.2, -0.15) is 5.10 Å². The van der Waals surface area contributed by atoms with Crippen molar-refractivity contribution in [1.82, 2.24) is 14.5 Å². The van der Waals surface area contributed by atoms with Crippen LogP contribution in [0.15, 0.2) is 29.2 Å². The van der Waals surface area contributed by atoms with E-state index in [4.69, 9.17) is 4.74 Å². The van der Waals surface area contributed by atoms with Crippen molar-refractivity contribution in [2.75, 3.05) is 13.7 Å². The fourth-order valence-corrected chi connectivity index (χ4v) is 4.31. The van der Waals surface area contributed by atoms with E-state index in [1.807, 2.05) is 12.1 Å². The molecule has 25 heavy (non-hydrogen) atoms. The number of nitrogens with one attached hydrogen (secondary N) is 1. The average molecular weight is 367 g/mol. The Kier molecular flexibility index (Phi) is 5.55. The third kappa shape index (κ3) is 4.59. The number of benzene rings is 1. The number of methoxy groups -OCH3 is 1. The van der Waals surface area contributed by atoms with E-state index in [9.17, 15) is 13.5 Å². The Hall–Kier alpha value is -1.90. The summed E-state index contributed by atoms with van der Waals surface area (Å²) in [4.78, 5) is 0.162. The molecule has 0 saturated heterocycles. The van der Waals surface area contributed by atoms with Crippen molar-refractivity contribution in [2.24, 2.45) is 7.05 Å². The summed E-state index contributed by atoms with van der Waals surface area (Å²) in [5.74, 6) is 0.728. The van der Waals surface area contributed by atoms with E-state index < -0.39 is 15.6 Å². The molecule has 0 radical (unpaired) electrons. The van der Waals surface area contributed by atoms with Gasteiger partial charge >= 0.3 is 0 Å². The minimum Gasteiger partial charge on any atom is -0.497 e. The number of aromatic nitrogens is 2. The lowest BCUT2D eigenvalue weighted by Crippen LogP contribution is -2.42. The van der Waals surface area contributed by atoms with Crippen molar-refractivity contribution in [1.29, 1.82) is 0 Å². The number of nitrogens with zero attached hydrogens (tertiary/aromatic N) is 2. The maximum atomic E-state index is 12.6. The minimum absolute atomic E-state index is 0.102. The highest BCUT2D eigenvalue weighted by Gasteiger charge is 2.28. The summed E-state index contributed by atoms with van der Waals surface area (Å²) >= 11 is 0. The second kappa shape index (κ2) is 7.15. The van der Waals surface area contributed by atoms with Gasteiger partial charge in [0.1, 0.15) is 10.6 Å². The predicted octanol–water partition coefficient (Wildman–Crippen LogP) is 1.32. The van der Waals surface area contributed by atoms with Gasteiger partial charge in [-0.15, -0.1) is 0 Å². The van der Waals surface area contributed by atoms with E-state index in [-0.39, 0.29) is 11.4 Å². The lowest BCUT2D eigenvalue weighted by atomic mass is 9.97. The Bertz CT molecular complexity index is 840. The molecular weight excluding hydrogens is 342 g/mol. The molecule has 0 spiro atoms. The molecule has 1 atom stereocenters. The fourth-order valence-electron chi connectivity index (χ4n) is 2.71. The molecule has 138 valence electrons. The van der Waals surface area contributed by atoms with Crippen LogP contribution in [0.2, 0.25) is 0 Å². The molecule has 1 aromatic carbocycles. The van der Waals surface area contributed by atoms with Crippen molar-refractivity contribution < 1.29 is 18.3 Å². The molecule has 0 amide bonds. The smallest absolute Gasteiger partial charge is 0.244 e. The van der Waals surface area contributed by atoms with Crippen molar-refractivity contribution in [3.63, 3.8) is 0 Å². The summed E-state index contributed by atoms with van der Waals surface area (Å²) in [6.07, 6.45) is 0.310. The van der Waals surface area contributed by atoms with E-state index in [0.717, 1.165) is 11.3 Å². The molecule has 2 aromatic rings. The molecule has 8 heteroatoms. The number of rotatable bonds is 7. The summed E-state index contributed by atoms with van der Waals surface area (Å²) in [6, 6.07) is 7.30. The van der Waals surface area contributed by atoms with E-state index in [2.05, 4.69) is 9.82 Å². The fraction of sp³-hybridized carbons (Fsp3) is 0.471. The van der Waals surface area contributed by atoms with Crippen molar-refractivity contribution in [3.05, 3.63) is 41.2 Å². The summed E-state index contributed by atoms with van der Waals surface area (Å²) in [6.45, 7) is 4.85. The first kappa shape index (κ1) is 19.4. The lowest BCUT2D eigenvalue weighted by Gasteiger charge is -2.24. The molecule has 0 saturated carbocycles. The summed E-state index contributed by atoms with van der Waals surface area (Å²) < 4.78 is 34.3. The van der Waals surface area contributed by atoms with Gasteiger partial charge in [-0.3, -0.25) is 4.68 Å². The summed E-state index contributed by atoms with van der Waals surface area (Å²) in [7, 11) is -0.469. The van der Waals surface area contributed by atoms with Gasteiger partial charge in [0.2, 0.25) is 10.0 Å². The Balaban J connectivity index is 2.09. The van der Waals surface area contributed by atoms with Gasteiger partial charge in [-0.25, -0.2) is 13.1 Å². The van der Waals surface area contributed by atoms with Gasteiger partial charge in [-0.05, 0) is 38.5 Å². The SMILES string of the molecule is COc1ccc(C[C@](C)(O)CNS(=O)(=O)c2c(C)nn(C)c2C)cc1. The van der Waals surface area contributed by atoms with Crippen LogP contribution >= 0.6 is 0 Å². The Morgan fingerprint density at radius 2 is 1.88 bits per heavy atom. The molecule has 1 aromatic heterocycles. The molecule has 0 unspecified atom stereocenters. The Labute approximate surface area is 148 Å². The molecule has 0 aliphatic heterocycles. The maximum Gasteiger partial charge on any atom is 0.244 e. The number of sulfonamides is 1. The zero-order valence-electron chi connectivity index (χ0n) is 15.2. The molecule has 7 nitrogen and oxygen atoms in total. The Morgan fingerprint density at radius 1 is 1.28 bits per heavy atom. The first-order valence-corrected chi connectivity index (χ1v) is 9.39. The van der Waals surface area contributed by atoms with Crippen LogP contribution in [0.1, 0.15) is 23.9 Å². The largest absolute Gasteiger partial charge is 0.497 e. The predicted molar refractivity (Wildman–Crippen MR) is 95.2 cm³/mol. The quantitative estimate of drug-likeness (QED) is 0.770. The van der Waals surface area contributed by atoms with Gasteiger partial charge in [0.05, 0.1) is 24.1 Å². The maximum absolute atomic E-state index is 12.6. The monoisotopic (exact) mass is 367 g/mol. The van der Waals surface area contributed by atoms with Crippen LogP contribution in [0, 0.1) is 13.8 Å². The number of aliphatic hydroxyl groups is 1. The van der Waals surface area contributed by atoms with Crippen LogP contribution in [-0.4, -0.2) is 42.6 Å². The van der Waals surface area contributed by atoms with E-state index >= 15 is 0 Å². The summed E-state index contributed by atoms with van der Waals surface area (Å²) in [5.41, 5.74) is 0.645. The van der Waals surface area contributed by atoms with Crippen molar-refractivity contribution >= 4 is 10.0 Å². The highest BCUT2D eigenvalue weighted by Crippen LogP contribution is 2.20. The van der Waals surface area contributed by atoms with Crippen LogP contribution in [0.5, 0.6) is 5.75 Å². The lowest BCUT2D eigenvalue weighted by molar-refractivity contribution is 0.0657. The number of hydrogen-bond acceptors (Lipinski definition) is 5. The molecule has 0 fully saturated rings. The molecule has 0 aliphatic carbocycles. The topological polar surface area (TPSA) is 93.4 Å². The highest BCUT2D eigenvalue weighted by molar-refractivity contribution is 7.89. The zero-order valence-corrected chi connectivity index (χ0v) is 16.0. The van der Waals surface area contributed by atoms with Gasteiger partial charge in [-0.1, -0.05) is 12.1 Å². The first-order chi connectivity index (χ1) is 11.6. The molecular formula is C17H25N3O4S. The zero-order chi connectivity index (χ0) is 18.8. The molecule has 1 heterocycles. The molecule has 0 bridgehead atoms. The molecule has 2 rings (SSSR count). The van der Waals surface area contributed by atoms with Crippen LogP contribution in [0.25, 0.3) is 0 Å². The standard InChI is InChI=1S/C17H25N3O4S/c1-12-16(13(2)20(4)19-12)25(22,23)18-11-17(3,21)10-14-6-8-15(24-5)9-7-14/h6-9,18,21H,10-11H2,1-5H3/t17-/m0/s1. The van der Waals surface area contributed by atoms with Crippen molar-refractivity contribution in [2.45, 2.75) is 37.7 Å². The van der Waals surface area contributed by atoms with Crippen LogP contribution in [-0.2, 0) is 23.5 Å². The second-order valence-corrected chi connectivity index (χ2v) is 8.17. The number of hydrogen-bond donors (Lipinski definition) is 2. The van der Waals surface area contributed by atoms with E-state index in [0.29, 0.717) is 17.8 Å². The van der Waals surface area contributed by atoms with E-state index in [1.54, 1.807) is 47.1 Å². The van der Waals surface area contributed by atoms with Crippen molar-refractivity contribution in [3.8, 4) is 5.75 Å². The summed E-state index contributed by atoms with van der Waals surface area (Å²) in [5, 5.41) is 14.7. The third-order valence-electron chi connectivity index (χ3n) is 4.10. The minimum atomic E-state index is -3.75. The van der Waals surface area contributed by atoms with Gasteiger partial charge < -0.3 is 9.84 Å². The number of ether oxygens (including phenoxy) is 1. The number of aryl methyl sites for hydroxylation is 2. The molecule has 2 N–H and O–H groups in total. The van der Waals surface area contributed by atoms with E-state index in [1.165, 1.54) is 4.68 Å². The van der Waals surface area contributed by atoms with Crippen LogP contribution < -0.4 is 9.46 Å². The average Bonchev–Trinajstić information content (AvgIpc) is 2.79. The van der Waals surface area contributed by atoms with Gasteiger partial charge in [0.15, 0.2) is 0 Å². The first-order valence-electron chi connectivity index (χ1n) is 7.91. The van der Waals surface area contributed by atoms with Gasteiger partial charge in [0, 0.05) is 20.0 Å². The van der Waals surface area contributed by atoms with Gasteiger partial charge in [0.25, 0.3) is 0 Å². The Morgan fingerprint density at radius 3 is 2.36 bits per heavy atom. The highest BCUT2D eigenvalue weighted by atomic mass is 32.2.